The van der Waals surface area contributed by atoms with Gasteiger partial charge in [0, 0.05) is 36.0 Å². The van der Waals surface area contributed by atoms with E-state index >= 15 is 0 Å². The van der Waals surface area contributed by atoms with Crippen LogP contribution >= 0.6 is 0 Å². The monoisotopic (exact) mass is 527 g/mol. The molecule has 6 N–H and O–H groups in total. The van der Waals surface area contributed by atoms with Crippen molar-refractivity contribution in [2.24, 2.45) is 5.73 Å². The summed E-state index contributed by atoms with van der Waals surface area (Å²) in [6.45, 7) is 2.83. The van der Waals surface area contributed by atoms with Crippen LogP contribution < -0.4 is 10.5 Å². The topological polar surface area (TPSA) is 186 Å². The van der Waals surface area contributed by atoms with E-state index in [4.69, 9.17) is 19.9 Å². The number of ketones is 3. The van der Waals surface area contributed by atoms with Gasteiger partial charge in [-0.2, -0.15) is 0 Å². The van der Waals surface area contributed by atoms with Crippen LogP contribution in [0.3, 0.4) is 0 Å². The summed E-state index contributed by atoms with van der Waals surface area (Å²) in [6.07, 6.45) is -4.63. The van der Waals surface area contributed by atoms with Gasteiger partial charge in [0.05, 0.1) is 48.2 Å². The summed E-state index contributed by atoms with van der Waals surface area (Å²) in [4.78, 5) is 39.6. The van der Waals surface area contributed by atoms with E-state index in [-0.39, 0.29) is 40.8 Å². The highest BCUT2D eigenvalue weighted by atomic mass is 16.7. The Labute approximate surface area is 217 Å². The number of aromatic hydroxyl groups is 2. The highest BCUT2D eigenvalue weighted by Gasteiger charge is 2.49. The Kier molecular flexibility index (Phi) is 6.32. The summed E-state index contributed by atoms with van der Waals surface area (Å²) in [7, 11) is 1.34. The third kappa shape index (κ3) is 3.81. The first kappa shape index (κ1) is 26.3. The lowest BCUT2D eigenvalue weighted by Crippen LogP contribution is -2.53. The van der Waals surface area contributed by atoms with Crippen LogP contribution in [0.2, 0.25) is 0 Å². The minimum Gasteiger partial charge on any atom is -0.507 e. The molecule has 11 nitrogen and oxygen atoms in total. The number of Topliss-reactive ketones (excluding diaryl/α,β-unsaturated/α-hetero) is 1. The zero-order valence-corrected chi connectivity index (χ0v) is 21.1. The van der Waals surface area contributed by atoms with Gasteiger partial charge in [-0.1, -0.05) is 12.1 Å². The number of carbonyl (C=O) groups excluding carboxylic acids is 3. The predicted molar refractivity (Wildman–Crippen MR) is 130 cm³/mol. The maximum atomic E-state index is 13.6. The molecule has 0 spiro atoms. The van der Waals surface area contributed by atoms with E-state index in [1.165, 1.54) is 32.2 Å². The molecule has 1 unspecified atom stereocenters. The van der Waals surface area contributed by atoms with Crippen LogP contribution in [-0.4, -0.2) is 75.0 Å². The molecule has 0 saturated carbocycles. The highest BCUT2D eigenvalue weighted by Crippen LogP contribution is 2.52. The summed E-state index contributed by atoms with van der Waals surface area (Å²) in [5.74, 6) is -3.20. The third-order valence-corrected chi connectivity index (χ3v) is 7.83. The molecule has 5 rings (SSSR count). The van der Waals surface area contributed by atoms with Crippen molar-refractivity contribution >= 4 is 17.3 Å². The van der Waals surface area contributed by atoms with Crippen LogP contribution in [0.1, 0.15) is 75.8 Å². The fourth-order valence-corrected chi connectivity index (χ4v) is 5.63. The summed E-state index contributed by atoms with van der Waals surface area (Å²) in [5.41, 5.74) is 2.84. The summed E-state index contributed by atoms with van der Waals surface area (Å²) in [6, 6.07) is 3.77. The van der Waals surface area contributed by atoms with E-state index < -0.39 is 82.6 Å². The van der Waals surface area contributed by atoms with Crippen LogP contribution in [0.15, 0.2) is 18.2 Å². The van der Waals surface area contributed by atoms with Gasteiger partial charge in [0.1, 0.15) is 22.8 Å². The summed E-state index contributed by atoms with van der Waals surface area (Å²) in [5, 5.41) is 44.3. The van der Waals surface area contributed by atoms with Crippen molar-refractivity contribution < 1.29 is 49.0 Å². The molecular weight excluding hydrogens is 498 g/mol. The Bertz CT molecular complexity index is 1360. The maximum absolute atomic E-state index is 13.6. The second kappa shape index (κ2) is 9.14. The molecule has 0 amide bonds. The van der Waals surface area contributed by atoms with Gasteiger partial charge in [-0.25, -0.2) is 0 Å². The number of benzene rings is 2. The lowest BCUT2D eigenvalue weighted by molar-refractivity contribution is -0.243. The normalized spacial score (nSPS) is 30.3. The fourth-order valence-electron chi connectivity index (χ4n) is 5.63. The highest BCUT2D eigenvalue weighted by molar-refractivity contribution is 6.31. The second-order valence-corrected chi connectivity index (χ2v) is 10.1. The van der Waals surface area contributed by atoms with E-state index in [9.17, 15) is 34.8 Å². The number of fused-ring (bicyclic) bond motifs is 3. The van der Waals surface area contributed by atoms with Crippen LogP contribution in [-0.2, 0) is 20.7 Å². The third-order valence-electron chi connectivity index (χ3n) is 7.83. The number of nitrogens with two attached hydrogens (primary N) is 1. The van der Waals surface area contributed by atoms with Gasteiger partial charge in [0.15, 0.2) is 17.9 Å². The van der Waals surface area contributed by atoms with Crippen LogP contribution in [0, 0.1) is 0 Å². The maximum Gasteiger partial charge on any atom is 0.202 e. The number of methoxy groups -OCH3 is 1. The van der Waals surface area contributed by atoms with Crippen molar-refractivity contribution in [3.05, 3.63) is 51.6 Å². The second-order valence-electron chi connectivity index (χ2n) is 10.1. The number of rotatable bonds is 4. The number of hydrogen-bond donors (Lipinski definition) is 5. The van der Waals surface area contributed by atoms with Gasteiger partial charge >= 0.3 is 0 Å². The van der Waals surface area contributed by atoms with Crippen molar-refractivity contribution in [1.29, 1.82) is 0 Å². The SMILES string of the molecule is COc1cccc2c1C(=O)c1c(O)c3c(c(O)c1C2=O)C[C@@](O)(C(C)=O)CC3O[C@H]1C[C@@H](O)[C@H](N)[C@H](C)O1. The first-order valence-corrected chi connectivity index (χ1v) is 12.2. The standard InChI is InChI=1S/C27H29NO10/c1-10-22(28)14(30)7-17(37-10)38-16-9-27(35,11(2)29)8-13-19(16)26(34)21-20(24(13)32)23(31)12-5-4-6-15(36-3)18(12)25(21)33/h4-6,10,14,16-17,22,30,32,34-35H,7-9,28H2,1-3H3/t10-,14+,16?,17-,22+,27-/m0/s1. The Morgan fingerprint density at radius 1 is 1.13 bits per heavy atom. The zero-order chi connectivity index (χ0) is 27.7. The van der Waals surface area contributed by atoms with Crippen molar-refractivity contribution in [2.45, 2.75) is 69.4 Å². The molecule has 0 radical (unpaired) electrons. The van der Waals surface area contributed by atoms with Crippen LogP contribution in [0.25, 0.3) is 0 Å². The molecular formula is C27H29NO10. The molecule has 38 heavy (non-hydrogen) atoms. The van der Waals surface area contributed by atoms with Gasteiger partial charge in [0.25, 0.3) is 0 Å². The summed E-state index contributed by atoms with van der Waals surface area (Å²) >= 11 is 0. The minimum atomic E-state index is -2.01. The van der Waals surface area contributed by atoms with Crippen LogP contribution in [0.4, 0.5) is 0 Å². The van der Waals surface area contributed by atoms with E-state index in [1.54, 1.807) is 6.92 Å². The molecule has 11 heteroatoms. The average molecular weight is 528 g/mol. The molecule has 2 aliphatic carbocycles. The van der Waals surface area contributed by atoms with Crippen molar-refractivity contribution in [3.63, 3.8) is 0 Å². The van der Waals surface area contributed by atoms with Crippen molar-refractivity contribution in [1.82, 2.24) is 0 Å². The first-order valence-electron chi connectivity index (χ1n) is 12.2. The zero-order valence-electron chi connectivity index (χ0n) is 21.1. The van der Waals surface area contributed by atoms with Gasteiger partial charge in [-0.3, -0.25) is 14.4 Å². The van der Waals surface area contributed by atoms with Gasteiger partial charge in [-0.05, 0) is 19.9 Å². The van der Waals surface area contributed by atoms with Gasteiger partial charge in [0.2, 0.25) is 5.78 Å². The Morgan fingerprint density at radius 3 is 2.45 bits per heavy atom. The molecule has 2 aromatic rings. The Balaban J connectivity index is 1.68. The Hall–Kier alpha value is -3.35. The van der Waals surface area contributed by atoms with Gasteiger partial charge in [-0.15, -0.1) is 0 Å². The first-order chi connectivity index (χ1) is 17.9. The number of phenols is 2. The number of carbonyl (C=O) groups is 3. The van der Waals surface area contributed by atoms with E-state index in [0.717, 1.165) is 0 Å². The van der Waals surface area contributed by atoms with E-state index in [0.29, 0.717) is 0 Å². The molecule has 0 bridgehead atoms. The van der Waals surface area contributed by atoms with Crippen molar-refractivity contribution in [3.8, 4) is 17.2 Å². The smallest absolute Gasteiger partial charge is 0.202 e. The van der Waals surface area contributed by atoms with E-state index in [1.807, 2.05) is 0 Å². The average Bonchev–Trinajstić information content (AvgIpc) is 2.87. The lowest BCUT2D eigenvalue weighted by Gasteiger charge is -2.42. The molecule has 202 valence electrons. The van der Waals surface area contributed by atoms with Crippen molar-refractivity contribution in [2.75, 3.05) is 7.11 Å². The predicted octanol–water partition coefficient (Wildman–Crippen LogP) is 1.03. The molecule has 1 aliphatic heterocycles. The van der Waals surface area contributed by atoms with Gasteiger partial charge < -0.3 is 40.4 Å². The number of aliphatic hydroxyl groups excluding tert-OH is 1. The molecule has 1 saturated heterocycles. The number of hydrogen-bond acceptors (Lipinski definition) is 11. The lowest BCUT2D eigenvalue weighted by atomic mass is 9.72. The molecule has 0 aromatic heterocycles. The molecule has 6 atom stereocenters. The molecule has 1 fully saturated rings. The Morgan fingerprint density at radius 2 is 1.82 bits per heavy atom. The number of ether oxygens (including phenoxy) is 3. The number of phenolic OH excluding ortho intramolecular Hbond substituents is 2. The molecule has 1 heterocycles. The molecule has 2 aromatic carbocycles. The number of aliphatic hydroxyl groups is 2. The largest absolute Gasteiger partial charge is 0.507 e. The summed E-state index contributed by atoms with van der Waals surface area (Å²) < 4.78 is 17.1. The fraction of sp³-hybridized carbons (Fsp3) is 0.444. The van der Waals surface area contributed by atoms with Crippen LogP contribution in [0.5, 0.6) is 17.2 Å². The van der Waals surface area contributed by atoms with E-state index in [2.05, 4.69) is 0 Å². The molecule has 3 aliphatic rings. The quantitative estimate of drug-likeness (QED) is 0.305. The minimum absolute atomic E-state index is 0.0168.